The third-order valence-electron chi connectivity index (χ3n) is 4.27. The summed E-state index contributed by atoms with van der Waals surface area (Å²) in [6.45, 7) is 8.78. The van der Waals surface area contributed by atoms with E-state index in [-0.39, 0.29) is 18.7 Å². The van der Waals surface area contributed by atoms with Crippen molar-refractivity contribution in [1.29, 1.82) is 0 Å². The number of aryl methyl sites for hydroxylation is 1. The van der Waals surface area contributed by atoms with E-state index < -0.39 is 0 Å². The van der Waals surface area contributed by atoms with Crippen molar-refractivity contribution in [3.63, 3.8) is 0 Å². The van der Waals surface area contributed by atoms with Crippen molar-refractivity contribution in [3.8, 4) is 0 Å². The monoisotopic (exact) mass is 339 g/mol. The molecule has 2 N–H and O–H groups in total. The lowest BCUT2D eigenvalue weighted by atomic mass is 10.2. The second-order valence-corrected chi connectivity index (χ2v) is 7.45. The van der Waals surface area contributed by atoms with Crippen LogP contribution in [-0.2, 0) is 13.0 Å². The van der Waals surface area contributed by atoms with Crippen molar-refractivity contribution in [2.45, 2.75) is 45.7 Å². The molecule has 1 atom stereocenters. The molecule has 2 heterocycles. The molecular weight excluding hydrogens is 310 g/mol. The number of aliphatic hydroxyl groups excluding tert-OH is 1. The van der Waals surface area contributed by atoms with E-state index in [4.69, 9.17) is 5.11 Å². The number of rotatable bonds is 7. The Kier molecular flexibility index (Phi) is 7.33. The number of carbonyl (C=O) groups is 1. The van der Waals surface area contributed by atoms with E-state index in [0.717, 1.165) is 52.0 Å². The lowest BCUT2D eigenvalue weighted by molar-refractivity contribution is 0.133. The molecule has 1 unspecified atom stereocenters. The van der Waals surface area contributed by atoms with Crippen LogP contribution in [0.5, 0.6) is 0 Å². The van der Waals surface area contributed by atoms with Crippen LogP contribution in [0.25, 0.3) is 0 Å². The second kappa shape index (κ2) is 9.25. The first-order valence-electron chi connectivity index (χ1n) is 8.58. The van der Waals surface area contributed by atoms with Gasteiger partial charge in [0.2, 0.25) is 0 Å². The SMILES string of the molecule is CCc1ccc(CN2CCN(C(=O)NC(C)CCCO)CC2)s1. The minimum absolute atomic E-state index is 0.0273. The first-order chi connectivity index (χ1) is 11.1. The van der Waals surface area contributed by atoms with Crippen molar-refractivity contribution < 1.29 is 9.90 Å². The molecule has 0 aromatic carbocycles. The number of piperazine rings is 1. The second-order valence-electron chi connectivity index (χ2n) is 6.20. The van der Waals surface area contributed by atoms with Crippen LogP contribution in [0.2, 0.25) is 0 Å². The lowest BCUT2D eigenvalue weighted by Crippen LogP contribution is -2.52. The molecule has 2 rings (SSSR count). The fourth-order valence-electron chi connectivity index (χ4n) is 2.80. The molecule has 0 radical (unpaired) electrons. The van der Waals surface area contributed by atoms with Gasteiger partial charge in [0.25, 0.3) is 0 Å². The number of aliphatic hydroxyl groups is 1. The molecule has 1 fully saturated rings. The molecule has 1 aromatic rings. The molecule has 0 saturated carbocycles. The molecule has 23 heavy (non-hydrogen) atoms. The van der Waals surface area contributed by atoms with Gasteiger partial charge in [-0.2, -0.15) is 0 Å². The van der Waals surface area contributed by atoms with Crippen molar-refractivity contribution in [2.75, 3.05) is 32.8 Å². The normalized spacial score (nSPS) is 17.3. The maximum atomic E-state index is 12.2. The predicted molar refractivity (Wildman–Crippen MR) is 94.9 cm³/mol. The number of urea groups is 1. The molecule has 5 nitrogen and oxygen atoms in total. The van der Waals surface area contributed by atoms with Crippen molar-refractivity contribution >= 4 is 17.4 Å². The van der Waals surface area contributed by atoms with Crippen LogP contribution in [0.15, 0.2) is 12.1 Å². The zero-order valence-electron chi connectivity index (χ0n) is 14.3. The van der Waals surface area contributed by atoms with Crippen LogP contribution < -0.4 is 5.32 Å². The number of amides is 2. The Morgan fingerprint density at radius 3 is 2.61 bits per heavy atom. The van der Waals surface area contributed by atoms with Gasteiger partial charge < -0.3 is 15.3 Å². The third kappa shape index (κ3) is 5.79. The van der Waals surface area contributed by atoms with Gasteiger partial charge in [-0.15, -0.1) is 11.3 Å². The van der Waals surface area contributed by atoms with Crippen LogP contribution in [-0.4, -0.2) is 59.8 Å². The maximum Gasteiger partial charge on any atom is 0.317 e. The van der Waals surface area contributed by atoms with Gasteiger partial charge in [0.1, 0.15) is 0 Å². The fraction of sp³-hybridized carbons (Fsp3) is 0.706. The standard InChI is InChI=1S/C17H29N3O2S/c1-3-15-6-7-16(23-15)13-19-8-10-20(11-9-19)17(22)18-14(2)5-4-12-21/h6-7,14,21H,3-5,8-13H2,1-2H3,(H,18,22). The summed E-state index contributed by atoms with van der Waals surface area (Å²) in [5.41, 5.74) is 0. The molecule has 2 amide bonds. The quantitative estimate of drug-likeness (QED) is 0.801. The summed E-state index contributed by atoms with van der Waals surface area (Å²) in [5, 5.41) is 11.9. The van der Waals surface area contributed by atoms with Crippen molar-refractivity contribution in [1.82, 2.24) is 15.1 Å². The Balaban J connectivity index is 1.71. The van der Waals surface area contributed by atoms with Gasteiger partial charge in [0.05, 0.1) is 0 Å². The van der Waals surface area contributed by atoms with E-state index in [1.54, 1.807) is 0 Å². The zero-order valence-corrected chi connectivity index (χ0v) is 15.1. The third-order valence-corrected chi connectivity index (χ3v) is 5.48. The number of carbonyl (C=O) groups excluding carboxylic acids is 1. The van der Waals surface area contributed by atoms with Gasteiger partial charge in [-0.05, 0) is 38.3 Å². The minimum atomic E-state index is 0.0273. The molecule has 130 valence electrons. The van der Waals surface area contributed by atoms with E-state index in [1.807, 2.05) is 23.2 Å². The van der Waals surface area contributed by atoms with Gasteiger partial charge in [-0.1, -0.05) is 6.92 Å². The molecule has 6 heteroatoms. The highest BCUT2D eigenvalue weighted by Crippen LogP contribution is 2.19. The number of nitrogens with one attached hydrogen (secondary N) is 1. The number of thiophene rings is 1. The lowest BCUT2D eigenvalue weighted by Gasteiger charge is -2.35. The van der Waals surface area contributed by atoms with E-state index in [0.29, 0.717) is 0 Å². The molecule has 1 saturated heterocycles. The Bertz CT molecular complexity index is 484. The average Bonchev–Trinajstić information content (AvgIpc) is 3.01. The van der Waals surface area contributed by atoms with Gasteiger partial charge in [-0.3, -0.25) is 4.90 Å². The van der Waals surface area contributed by atoms with E-state index in [2.05, 4.69) is 29.3 Å². The smallest absolute Gasteiger partial charge is 0.317 e. The van der Waals surface area contributed by atoms with Gasteiger partial charge in [-0.25, -0.2) is 4.79 Å². The van der Waals surface area contributed by atoms with Gasteiger partial charge in [0, 0.05) is 55.1 Å². The van der Waals surface area contributed by atoms with Crippen LogP contribution in [0, 0.1) is 0 Å². The van der Waals surface area contributed by atoms with Crippen LogP contribution in [0.4, 0.5) is 4.79 Å². The summed E-state index contributed by atoms with van der Waals surface area (Å²) >= 11 is 1.89. The molecule has 1 aliphatic rings. The van der Waals surface area contributed by atoms with Gasteiger partial charge in [0.15, 0.2) is 0 Å². The number of hydrogen-bond donors (Lipinski definition) is 2. The molecule has 0 bridgehead atoms. The molecule has 0 spiro atoms. The van der Waals surface area contributed by atoms with E-state index in [9.17, 15) is 4.79 Å². The number of nitrogens with zero attached hydrogens (tertiary/aromatic N) is 2. The Morgan fingerprint density at radius 1 is 1.30 bits per heavy atom. The topological polar surface area (TPSA) is 55.8 Å². The van der Waals surface area contributed by atoms with Crippen LogP contribution in [0.3, 0.4) is 0 Å². The Hall–Kier alpha value is -1.11. The van der Waals surface area contributed by atoms with Crippen LogP contribution >= 0.6 is 11.3 Å². The molecule has 1 aromatic heterocycles. The summed E-state index contributed by atoms with van der Waals surface area (Å²) in [6.07, 6.45) is 2.66. The molecular formula is C17H29N3O2S. The highest BCUT2D eigenvalue weighted by Gasteiger charge is 2.22. The average molecular weight is 340 g/mol. The molecule has 0 aliphatic carbocycles. The van der Waals surface area contributed by atoms with E-state index in [1.165, 1.54) is 9.75 Å². The fourth-order valence-corrected chi connectivity index (χ4v) is 3.80. The first-order valence-corrected chi connectivity index (χ1v) is 9.40. The summed E-state index contributed by atoms with van der Waals surface area (Å²) in [5.74, 6) is 0. The van der Waals surface area contributed by atoms with E-state index >= 15 is 0 Å². The summed E-state index contributed by atoms with van der Waals surface area (Å²) < 4.78 is 0. The Labute approximate surface area is 143 Å². The van der Waals surface area contributed by atoms with Crippen molar-refractivity contribution in [2.24, 2.45) is 0 Å². The van der Waals surface area contributed by atoms with Crippen molar-refractivity contribution in [3.05, 3.63) is 21.9 Å². The van der Waals surface area contributed by atoms with Gasteiger partial charge >= 0.3 is 6.03 Å². The predicted octanol–water partition coefficient (Wildman–Crippen LogP) is 2.30. The summed E-state index contributed by atoms with van der Waals surface area (Å²) in [7, 11) is 0. The zero-order chi connectivity index (χ0) is 16.7. The summed E-state index contributed by atoms with van der Waals surface area (Å²) in [6, 6.07) is 4.59. The maximum absolute atomic E-state index is 12.2. The highest BCUT2D eigenvalue weighted by atomic mass is 32.1. The molecule has 1 aliphatic heterocycles. The largest absolute Gasteiger partial charge is 0.396 e. The Morgan fingerprint density at radius 2 is 2.00 bits per heavy atom. The van der Waals surface area contributed by atoms with Crippen LogP contribution in [0.1, 0.15) is 36.4 Å². The number of hydrogen-bond acceptors (Lipinski definition) is 4. The minimum Gasteiger partial charge on any atom is -0.396 e. The highest BCUT2D eigenvalue weighted by molar-refractivity contribution is 7.11. The first kappa shape index (κ1) is 18.2. The summed E-state index contributed by atoms with van der Waals surface area (Å²) in [4.78, 5) is 19.4.